The minimum Gasteiger partial charge on any atom is -0.491 e. The van der Waals surface area contributed by atoms with E-state index in [4.69, 9.17) is 4.74 Å². The molecule has 0 spiro atoms. The third-order valence-corrected chi connectivity index (χ3v) is 2.06. The molecule has 1 heterocycles. The second-order valence-corrected chi connectivity index (χ2v) is 2.99. The number of ether oxygens (including phenoxy) is 1. The summed E-state index contributed by atoms with van der Waals surface area (Å²) in [6.07, 6.45) is 2.86. The van der Waals surface area contributed by atoms with E-state index in [0.717, 1.165) is 18.7 Å². The van der Waals surface area contributed by atoms with Gasteiger partial charge < -0.3 is 9.30 Å². The second-order valence-electron chi connectivity index (χ2n) is 2.99. The highest BCUT2D eigenvalue weighted by atomic mass is 16.5. The summed E-state index contributed by atoms with van der Waals surface area (Å²) < 4.78 is 7.06. The summed E-state index contributed by atoms with van der Waals surface area (Å²) in [5, 5.41) is 0. The minimum atomic E-state index is -0.0487. The van der Waals surface area contributed by atoms with E-state index in [2.05, 4.69) is 6.92 Å². The zero-order valence-corrected chi connectivity index (χ0v) is 8.33. The lowest BCUT2D eigenvalue weighted by atomic mass is 10.3. The van der Waals surface area contributed by atoms with Crippen LogP contribution in [-0.4, -0.2) is 11.7 Å². The molecule has 1 aromatic heterocycles. The lowest BCUT2D eigenvalue weighted by Gasteiger charge is -2.11. The van der Waals surface area contributed by atoms with E-state index >= 15 is 0 Å². The first-order valence-corrected chi connectivity index (χ1v) is 4.44. The van der Waals surface area contributed by atoms with Crippen molar-refractivity contribution in [3.63, 3.8) is 0 Å². The van der Waals surface area contributed by atoms with Crippen LogP contribution in [0.25, 0.3) is 0 Å². The van der Waals surface area contributed by atoms with Crippen molar-refractivity contribution in [1.29, 1.82) is 0 Å². The quantitative estimate of drug-likeness (QED) is 0.708. The Hall–Kier alpha value is -1.25. The lowest BCUT2D eigenvalue weighted by Crippen LogP contribution is -2.13. The Kier molecular flexibility index (Phi) is 3.12. The van der Waals surface area contributed by atoms with Gasteiger partial charge in [-0.05, 0) is 13.3 Å². The maximum absolute atomic E-state index is 11.3. The van der Waals surface area contributed by atoms with Gasteiger partial charge in [-0.3, -0.25) is 4.79 Å². The average molecular weight is 181 g/mol. The summed E-state index contributed by atoms with van der Waals surface area (Å²) in [5.41, 5.74) is 0.851. The van der Waals surface area contributed by atoms with E-state index in [1.807, 2.05) is 17.7 Å². The predicted molar refractivity (Wildman–Crippen MR) is 52.3 cm³/mol. The Morgan fingerprint density at radius 3 is 2.77 bits per heavy atom. The van der Waals surface area contributed by atoms with Crippen LogP contribution in [0.15, 0.2) is 17.1 Å². The van der Waals surface area contributed by atoms with E-state index in [9.17, 15) is 4.79 Å². The van der Waals surface area contributed by atoms with Gasteiger partial charge in [0, 0.05) is 18.8 Å². The smallest absolute Gasteiger partial charge is 0.223 e. The summed E-state index contributed by atoms with van der Waals surface area (Å²) in [7, 11) is 1.53. The van der Waals surface area contributed by atoms with Crippen LogP contribution >= 0.6 is 0 Å². The van der Waals surface area contributed by atoms with Crippen LogP contribution in [0.5, 0.6) is 5.75 Å². The van der Waals surface area contributed by atoms with E-state index < -0.39 is 0 Å². The number of nitrogens with zero attached hydrogens (tertiary/aromatic N) is 1. The van der Waals surface area contributed by atoms with Gasteiger partial charge >= 0.3 is 0 Å². The fourth-order valence-corrected chi connectivity index (χ4v) is 1.39. The van der Waals surface area contributed by atoms with Crippen molar-refractivity contribution in [3.8, 4) is 5.75 Å². The van der Waals surface area contributed by atoms with Crippen molar-refractivity contribution in [3.05, 3.63) is 28.2 Å². The van der Waals surface area contributed by atoms with Gasteiger partial charge in [-0.2, -0.15) is 0 Å². The van der Waals surface area contributed by atoms with Crippen molar-refractivity contribution in [2.75, 3.05) is 7.11 Å². The highest BCUT2D eigenvalue weighted by Gasteiger charge is 2.05. The SMILES string of the molecule is CCCn1ccc(=O)c(OC)c1C. The number of methoxy groups -OCH3 is 1. The van der Waals surface area contributed by atoms with Gasteiger partial charge in [-0.1, -0.05) is 6.92 Å². The summed E-state index contributed by atoms with van der Waals surface area (Å²) >= 11 is 0. The zero-order chi connectivity index (χ0) is 9.84. The minimum absolute atomic E-state index is 0.0487. The first-order chi connectivity index (χ1) is 6.20. The highest BCUT2D eigenvalue weighted by Crippen LogP contribution is 2.10. The molecule has 0 aromatic carbocycles. The molecule has 0 N–H and O–H groups in total. The summed E-state index contributed by atoms with van der Waals surface area (Å²) in [5.74, 6) is 0.455. The Bertz CT molecular complexity index is 341. The first-order valence-electron chi connectivity index (χ1n) is 4.44. The molecule has 3 heteroatoms. The summed E-state index contributed by atoms with van der Waals surface area (Å²) in [4.78, 5) is 11.3. The monoisotopic (exact) mass is 181 g/mol. The molecule has 0 saturated heterocycles. The molecular formula is C10H15NO2. The van der Waals surface area contributed by atoms with Crippen LogP contribution < -0.4 is 10.2 Å². The van der Waals surface area contributed by atoms with E-state index in [-0.39, 0.29) is 5.43 Å². The maximum Gasteiger partial charge on any atom is 0.223 e. The fourth-order valence-electron chi connectivity index (χ4n) is 1.39. The third-order valence-electron chi connectivity index (χ3n) is 2.06. The summed E-state index contributed by atoms with van der Waals surface area (Å²) in [6, 6.07) is 1.54. The lowest BCUT2D eigenvalue weighted by molar-refractivity contribution is 0.399. The molecule has 0 bridgehead atoms. The number of aromatic nitrogens is 1. The molecule has 0 fully saturated rings. The number of hydrogen-bond acceptors (Lipinski definition) is 2. The molecule has 1 aromatic rings. The molecule has 0 saturated carbocycles. The van der Waals surface area contributed by atoms with Crippen molar-refractivity contribution in [1.82, 2.24) is 4.57 Å². The molecule has 0 radical (unpaired) electrons. The Morgan fingerprint density at radius 2 is 2.23 bits per heavy atom. The number of aryl methyl sites for hydroxylation is 1. The Labute approximate surface area is 78.0 Å². The normalized spacial score (nSPS) is 10.1. The topological polar surface area (TPSA) is 31.2 Å². The molecule has 13 heavy (non-hydrogen) atoms. The molecule has 0 aliphatic carbocycles. The van der Waals surface area contributed by atoms with Crippen LogP contribution in [0.1, 0.15) is 19.0 Å². The van der Waals surface area contributed by atoms with Gasteiger partial charge in [0.15, 0.2) is 5.75 Å². The van der Waals surface area contributed by atoms with E-state index in [1.165, 1.54) is 7.11 Å². The Morgan fingerprint density at radius 1 is 1.54 bits per heavy atom. The number of rotatable bonds is 3. The molecule has 0 unspecified atom stereocenters. The van der Waals surface area contributed by atoms with Crippen molar-refractivity contribution < 1.29 is 4.74 Å². The average Bonchev–Trinajstić information content (AvgIpc) is 2.11. The van der Waals surface area contributed by atoms with E-state index in [0.29, 0.717) is 5.75 Å². The van der Waals surface area contributed by atoms with Crippen molar-refractivity contribution >= 4 is 0 Å². The standard InChI is InChI=1S/C10H15NO2/c1-4-6-11-7-5-9(12)10(13-3)8(11)2/h5,7H,4,6H2,1-3H3. The van der Waals surface area contributed by atoms with Gasteiger partial charge in [0.2, 0.25) is 5.43 Å². The summed E-state index contributed by atoms with van der Waals surface area (Å²) in [6.45, 7) is 4.92. The van der Waals surface area contributed by atoms with Crippen LogP contribution in [0, 0.1) is 6.92 Å². The van der Waals surface area contributed by atoms with Gasteiger partial charge in [-0.15, -0.1) is 0 Å². The number of pyridine rings is 1. The van der Waals surface area contributed by atoms with Crippen LogP contribution in [0.4, 0.5) is 0 Å². The number of hydrogen-bond donors (Lipinski definition) is 0. The molecule has 3 nitrogen and oxygen atoms in total. The second kappa shape index (κ2) is 4.12. The van der Waals surface area contributed by atoms with Crippen molar-refractivity contribution in [2.45, 2.75) is 26.8 Å². The van der Waals surface area contributed by atoms with E-state index in [1.54, 1.807) is 6.07 Å². The van der Waals surface area contributed by atoms with Gasteiger partial charge in [0.05, 0.1) is 12.8 Å². The van der Waals surface area contributed by atoms with Crippen LogP contribution in [0.3, 0.4) is 0 Å². The zero-order valence-electron chi connectivity index (χ0n) is 8.33. The molecular weight excluding hydrogens is 166 g/mol. The van der Waals surface area contributed by atoms with Crippen LogP contribution in [0.2, 0.25) is 0 Å². The predicted octanol–water partition coefficient (Wildman–Crippen LogP) is 1.58. The van der Waals surface area contributed by atoms with Gasteiger partial charge in [-0.25, -0.2) is 0 Å². The third kappa shape index (κ3) is 1.91. The molecule has 0 atom stereocenters. The maximum atomic E-state index is 11.3. The first kappa shape index (κ1) is 9.84. The molecule has 72 valence electrons. The van der Waals surface area contributed by atoms with Crippen LogP contribution in [-0.2, 0) is 6.54 Å². The molecule has 0 amide bonds. The van der Waals surface area contributed by atoms with Gasteiger partial charge in [0.1, 0.15) is 0 Å². The van der Waals surface area contributed by atoms with Gasteiger partial charge in [0.25, 0.3) is 0 Å². The molecule has 0 aliphatic rings. The molecule has 1 rings (SSSR count). The Balaban J connectivity index is 3.19. The highest BCUT2D eigenvalue weighted by molar-refractivity contribution is 5.26. The fraction of sp³-hybridized carbons (Fsp3) is 0.500. The van der Waals surface area contributed by atoms with Crippen molar-refractivity contribution in [2.24, 2.45) is 0 Å². The largest absolute Gasteiger partial charge is 0.491 e. The molecule has 0 aliphatic heterocycles.